The molecule has 0 fully saturated rings. The van der Waals surface area contributed by atoms with Gasteiger partial charge in [0.1, 0.15) is 36.5 Å². The van der Waals surface area contributed by atoms with Crippen molar-refractivity contribution < 1.29 is 32.5 Å². The van der Waals surface area contributed by atoms with E-state index in [2.05, 4.69) is 14.9 Å². The van der Waals surface area contributed by atoms with Crippen molar-refractivity contribution in [2.75, 3.05) is 26.3 Å². The molecule has 176 valence electrons. The number of carbonyl (C=O) groups excluding carboxylic acids is 1. The number of carbonyl (C=O) groups is 1. The summed E-state index contributed by atoms with van der Waals surface area (Å²) in [5, 5.41) is 16.7. The molecule has 8 nitrogen and oxygen atoms in total. The fourth-order valence-corrected chi connectivity index (χ4v) is 3.36. The van der Waals surface area contributed by atoms with E-state index in [0.29, 0.717) is 24.5 Å². The van der Waals surface area contributed by atoms with E-state index in [1.807, 2.05) is 0 Å². The van der Waals surface area contributed by atoms with Gasteiger partial charge < -0.3 is 25.6 Å². The highest BCUT2D eigenvalue weighted by Gasteiger charge is 2.38. The molecule has 12 heteroatoms. The number of aliphatic hydroxyl groups excluding tert-OH is 1. The normalized spacial score (nSPS) is 12.4. The van der Waals surface area contributed by atoms with Gasteiger partial charge in [-0.1, -0.05) is 16.6 Å². The van der Waals surface area contributed by atoms with Crippen LogP contribution in [0.25, 0.3) is 11.3 Å². The Hall–Kier alpha value is -3.22. The van der Waals surface area contributed by atoms with E-state index >= 15 is 0 Å². The summed E-state index contributed by atoms with van der Waals surface area (Å²) in [5.41, 5.74) is 5.40. The topological polar surface area (TPSA) is 120 Å². The lowest BCUT2D eigenvalue weighted by Gasteiger charge is -2.16. The summed E-state index contributed by atoms with van der Waals surface area (Å²) in [4.78, 5) is 10.1. The lowest BCUT2D eigenvalue weighted by molar-refractivity contribution is -0.134. The second-order valence-corrected chi connectivity index (χ2v) is 7.60. The van der Waals surface area contributed by atoms with Crippen LogP contribution in [0.5, 0.6) is 11.5 Å². The number of aromatic nitrogens is 2. The van der Waals surface area contributed by atoms with Crippen LogP contribution in [0.15, 0.2) is 48.5 Å². The fourth-order valence-electron chi connectivity index (χ4n) is 2.81. The molecule has 33 heavy (non-hydrogen) atoms. The highest BCUT2D eigenvalue weighted by molar-refractivity contribution is 7.06. The molecule has 3 rings (SSSR count). The zero-order chi connectivity index (χ0) is 23.8. The van der Waals surface area contributed by atoms with Crippen molar-refractivity contribution in [3.63, 3.8) is 0 Å². The zero-order valence-electron chi connectivity index (χ0n) is 17.2. The summed E-state index contributed by atoms with van der Waals surface area (Å²) in [7, 11) is 0. The minimum Gasteiger partial charge on any atom is -0.492 e. The van der Waals surface area contributed by atoms with E-state index < -0.39 is 23.1 Å². The molecular weight excluding hydrogens is 461 g/mol. The first kappa shape index (κ1) is 24.4. The highest BCUT2D eigenvalue weighted by atomic mass is 32.1. The molecule has 0 bridgehead atoms. The Morgan fingerprint density at radius 3 is 2.58 bits per heavy atom. The van der Waals surface area contributed by atoms with Gasteiger partial charge in [0.05, 0.1) is 0 Å². The van der Waals surface area contributed by atoms with E-state index in [1.54, 1.807) is 36.4 Å². The van der Waals surface area contributed by atoms with Crippen LogP contribution in [0.2, 0.25) is 0 Å². The number of aliphatic hydroxyl groups is 1. The third kappa shape index (κ3) is 6.88. The molecule has 0 aliphatic rings. The monoisotopic (exact) mass is 482 g/mol. The molecule has 0 saturated carbocycles. The first-order valence-electron chi connectivity index (χ1n) is 9.79. The predicted molar refractivity (Wildman–Crippen MR) is 115 cm³/mol. The predicted octanol–water partition coefficient (Wildman–Crippen LogP) is 2.73. The van der Waals surface area contributed by atoms with Crippen LogP contribution < -0.4 is 20.5 Å². The molecule has 1 heterocycles. The Morgan fingerprint density at radius 2 is 1.88 bits per heavy atom. The van der Waals surface area contributed by atoms with Gasteiger partial charge in [-0.05, 0) is 47.9 Å². The average Bonchev–Trinajstić information content (AvgIpc) is 3.28. The van der Waals surface area contributed by atoms with E-state index in [-0.39, 0.29) is 41.7 Å². The number of hydrogen-bond donors (Lipinski definition) is 3. The Morgan fingerprint density at radius 1 is 1.15 bits per heavy atom. The third-order valence-corrected chi connectivity index (χ3v) is 5.16. The van der Waals surface area contributed by atoms with Gasteiger partial charge in [0, 0.05) is 24.2 Å². The number of nitrogens with zero attached hydrogens (tertiary/aromatic N) is 2. The second-order valence-electron chi connectivity index (χ2n) is 6.85. The summed E-state index contributed by atoms with van der Waals surface area (Å²) in [5.74, 6) is 0.209. The van der Waals surface area contributed by atoms with Gasteiger partial charge in [-0.15, -0.1) is 5.10 Å². The number of halogens is 3. The molecule has 0 aliphatic heterocycles. The summed E-state index contributed by atoms with van der Waals surface area (Å²) in [6.07, 6.45) is -5.49. The zero-order valence-corrected chi connectivity index (χ0v) is 18.0. The standard InChI is InChI=1S/C21H21F3N4O4S/c22-21(23,24)19-18(27-28-33-19)16-3-1-2-4-17(16)32-12-14(29)11-26-9-10-31-15-7-5-13(6-8-15)20(25)30/h1-8,14,26,29H,9-12H2,(H2,25,30). The molecule has 0 aliphatic carbocycles. The van der Waals surface area contributed by atoms with Gasteiger partial charge in [0.25, 0.3) is 0 Å². The maximum atomic E-state index is 13.2. The highest BCUT2D eigenvalue weighted by Crippen LogP contribution is 2.40. The second kappa shape index (κ2) is 11.1. The van der Waals surface area contributed by atoms with E-state index in [0.717, 1.165) is 0 Å². The smallest absolute Gasteiger partial charge is 0.429 e. The number of hydrogen-bond acceptors (Lipinski definition) is 8. The van der Waals surface area contributed by atoms with Crippen molar-refractivity contribution in [3.8, 4) is 22.8 Å². The van der Waals surface area contributed by atoms with Crippen LogP contribution in [-0.4, -0.2) is 53.0 Å². The third-order valence-electron chi connectivity index (χ3n) is 4.39. The van der Waals surface area contributed by atoms with Gasteiger partial charge in [-0.25, -0.2) is 0 Å². The Kier molecular flexibility index (Phi) is 8.20. The molecule has 0 spiro atoms. The van der Waals surface area contributed by atoms with Crippen molar-refractivity contribution in [1.82, 2.24) is 14.9 Å². The molecule has 4 N–H and O–H groups in total. The lowest BCUT2D eigenvalue weighted by atomic mass is 10.1. The Balaban J connectivity index is 1.45. The molecule has 1 amide bonds. The lowest BCUT2D eigenvalue weighted by Crippen LogP contribution is -2.33. The maximum Gasteiger partial charge on any atom is 0.429 e. The Bertz CT molecular complexity index is 1060. The van der Waals surface area contributed by atoms with Gasteiger partial charge in [-0.3, -0.25) is 4.79 Å². The first-order valence-corrected chi connectivity index (χ1v) is 10.6. The molecule has 1 aromatic heterocycles. The largest absolute Gasteiger partial charge is 0.492 e. The quantitative estimate of drug-likeness (QED) is 0.360. The summed E-state index contributed by atoms with van der Waals surface area (Å²) >= 11 is 0.267. The summed E-state index contributed by atoms with van der Waals surface area (Å²) in [6.45, 7) is 0.768. The van der Waals surface area contributed by atoms with Gasteiger partial charge >= 0.3 is 6.18 Å². The first-order chi connectivity index (χ1) is 15.8. The van der Waals surface area contributed by atoms with Crippen molar-refractivity contribution in [2.45, 2.75) is 12.3 Å². The van der Waals surface area contributed by atoms with Crippen molar-refractivity contribution in [2.24, 2.45) is 5.73 Å². The SMILES string of the molecule is NC(=O)c1ccc(OCCNCC(O)COc2ccccc2-c2nnsc2C(F)(F)F)cc1. The number of rotatable bonds is 11. The van der Waals surface area contributed by atoms with Crippen molar-refractivity contribution >= 4 is 17.4 Å². The van der Waals surface area contributed by atoms with Crippen molar-refractivity contribution in [1.29, 1.82) is 0 Å². The number of primary amides is 1. The number of benzene rings is 2. The molecule has 0 radical (unpaired) electrons. The van der Waals surface area contributed by atoms with Crippen LogP contribution in [0.1, 0.15) is 15.2 Å². The van der Waals surface area contributed by atoms with E-state index in [1.165, 1.54) is 12.1 Å². The van der Waals surface area contributed by atoms with Crippen LogP contribution in [-0.2, 0) is 6.18 Å². The van der Waals surface area contributed by atoms with Crippen molar-refractivity contribution in [3.05, 3.63) is 59.0 Å². The molecule has 0 saturated heterocycles. The molecule has 1 atom stereocenters. The fraction of sp³-hybridized carbons (Fsp3) is 0.286. The van der Waals surface area contributed by atoms with Crippen LogP contribution in [0.3, 0.4) is 0 Å². The summed E-state index contributed by atoms with van der Waals surface area (Å²) in [6, 6.07) is 12.5. The molecule has 1 unspecified atom stereocenters. The Labute approximate surface area is 191 Å². The molecular formula is C21H21F3N4O4S. The molecule has 3 aromatic rings. The minimum absolute atomic E-state index is 0.141. The maximum absolute atomic E-state index is 13.2. The number of amides is 1. The minimum atomic E-state index is -4.58. The number of nitrogens with two attached hydrogens (primary N) is 1. The molecule has 2 aromatic carbocycles. The van der Waals surface area contributed by atoms with Crippen LogP contribution >= 0.6 is 11.5 Å². The van der Waals surface area contributed by atoms with E-state index in [9.17, 15) is 23.1 Å². The van der Waals surface area contributed by atoms with Gasteiger partial charge in [0.15, 0.2) is 4.88 Å². The average molecular weight is 482 g/mol. The number of para-hydroxylation sites is 1. The van der Waals surface area contributed by atoms with E-state index in [4.69, 9.17) is 15.2 Å². The van der Waals surface area contributed by atoms with Crippen LogP contribution in [0.4, 0.5) is 13.2 Å². The number of ether oxygens (including phenoxy) is 2. The number of nitrogens with one attached hydrogen (secondary N) is 1. The van der Waals surface area contributed by atoms with Gasteiger partial charge in [-0.2, -0.15) is 13.2 Å². The summed E-state index contributed by atoms with van der Waals surface area (Å²) < 4.78 is 54.0. The van der Waals surface area contributed by atoms with Crippen LogP contribution in [0, 0.1) is 0 Å². The number of alkyl halides is 3. The van der Waals surface area contributed by atoms with Gasteiger partial charge in [0.2, 0.25) is 5.91 Å².